The Labute approximate surface area is 261 Å². The van der Waals surface area contributed by atoms with Crippen LogP contribution in [0, 0.1) is 5.82 Å². The molecule has 4 aromatic carbocycles. The summed E-state index contributed by atoms with van der Waals surface area (Å²) in [6.07, 6.45) is 5.63. The molecule has 2 unspecified atom stereocenters. The van der Waals surface area contributed by atoms with Crippen LogP contribution in [0.25, 0.3) is 16.5 Å². The molecule has 0 saturated carbocycles. The van der Waals surface area contributed by atoms with Crippen molar-refractivity contribution >= 4 is 32.5 Å². The van der Waals surface area contributed by atoms with Crippen LogP contribution >= 0.6 is 0 Å². The number of sulfonamides is 1. The SMILES string of the molecule is CN(C(Cc1ccc(F)cc1)C(=O)O)S(=O)(=O)C1(c2c(Cc3ccccc3)oc3ccccc23)C=CC(c2ccccc2)=CC1. The summed E-state index contributed by atoms with van der Waals surface area (Å²) in [6, 6.07) is 30.6. The molecule has 0 spiro atoms. The van der Waals surface area contributed by atoms with Gasteiger partial charge in [-0.1, -0.05) is 109 Å². The van der Waals surface area contributed by atoms with E-state index in [1.54, 1.807) is 12.2 Å². The Morgan fingerprint density at radius 1 is 0.911 bits per heavy atom. The van der Waals surface area contributed by atoms with Crippen LogP contribution in [0.4, 0.5) is 4.39 Å². The van der Waals surface area contributed by atoms with Crippen LogP contribution in [-0.4, -0.2) is 36.9 Å². The Kier molecular flexibility index (Phi) is 8.27. The highest BCUT2D eigenvalue weighted by Crippen LogP contribution is 2.48. The molecule has 0 aliphatic heterocycles. The molecule has 1 heterocycles. The van der Waals surface area contributed by atoms with Gasteiger partial charge < -0.3 is 9.52 Å². The quantitative estimate of drug-likeness (QED) is 0.176. The third-order valence-corrected chi connectivity index (χ3v) is 10.9. The first-order valence-corrected chi connectivity index (χ1v) is 16.1. The zero-order chi connectivity index (χ0) is 31.6. The van der Waals surface area contributed by atoms with Gasteiger partial charge in [0, 0.05) is 24.4 Å². The van der Waals surface area contributed by atoms with E-state index in [-0.39, 0.29) is 12.8 Å². The normalized spacial score (nSPS) is 17.4. The van der Waals surface area contributed by atoms with Crippen molar-refractivity contribution in [1.82, 2.24) is 4.31 Å². The lowest BCUT2D eigenvalue weighted by Gasteiger charge is -2.38. The molecule has 5 aromatic rings. The largest absolute Gasteiger partial charge is 0.480 e. The Morgan fingerprint density at radius 3 is 2.20 bits per heavy atom. The molecule has 1 N–H and O–H groups in total. The minimum absolute atomic E-state index is 0.0502. The van der Waals surface area contributed by atoms with Crippen LogP contribution in [0.1, 0.15) is 34.4 Å². The maximum Gasteiger partial charge on any atom is 0.322 e. The smallest absolute Gasteiger partial charge is 0.322 e. The maximum absolute atomic E-state index is 15.1. The molecule has 1 aliphatic rings. The van der Waals surface area contributed by atoms with E-state index in [0.717, 1.165) is 21.0 Å². The number of para-hydroxylation sites is 1. The molecule has 45 heavy (non-hydrogen) atoms. The van der Waals surface area contributed by atoms with Crippen LogP contribution in [0.3, 0.4) is 0 Å². The molecule has 0 bridgehead atoms. The average molecular weight is 622 g/mol. The zero-order valence-corrected chi connectivity index (χ0v) is 25.5. The number of likely N-dealkylation sites (N-methyl/N-ethyl adjacent to an activating group) is 1. The van der Waals surface area contributed by atoms with Crippen molar-refractivity contribution in [1.29, 1.82) is 0 Å². The van der Waals surface area contributed by atoms with E-state index in [1.165, 1.54) is 31.3 Å². The molecule has 1 aromatic heterocycles. The van der Waals surface area contributed by atoms with Gasteiger partial charge in [0.05, 0.1) is 0 Å². The number of allylic oxidation sites excluding steroid dienone is 3. The first-order chi connectivity index (χ1) is 21.7. The molecule has 6 rings (SSSR count). The molecule has 6 nitrogen and oxygen atoms in total. The molecule has 0 fully saturated rings. The van der Waals surface area contributed by atoms with Gasteiger partial charge in [-0.25, -0.2) is 12.8 Å². The molecular formula is C37H32FNO5S. The highest BCUT2D eigenvalue weighted by molar-refractivity contribution is 7.90. The topological polar surface area (TPSA) is 87.8 Å². The fourth-order valence-electron chi connectivity index (χ4n) is 6.08. The molecule has 8 heteroatoms. The molecule has 2 atom stereocenters. The molecular weight excluding hydrogens is 589 g/mol. The number of nitrogens with zero attached hydrogens (tertiary/aromatic N) is 1. The van der Waals surface area contributed by atoms with E-state index in [1.807, 2.05) is 91.0 Å². The molecule has 1 aliphatic carbocycles. The predicted octanol–water partition coefficient (Wildman–Crippen LogP) is 7.36. The summed E-state index contributed by atoms with van der Waals surface area (Å²) in [5.41, 5.74) is 4.28. The van der Waals surface area contributed by atoms with Gasteiger partial charge in [-0.3, -0.25) is 4.79 Å². The van der Waals surface area contributed by atoms with Crippen LogP contribution < -0.4 is 0 Å². The van der Waals surface area contributed by atoms with Gasteiger partial charge in [0.2, 0.25) is 10.0 Å². The number of carbonyl (C=O) groups is 1. The van der Waals surface area contributed by atoms with Gasteiger partial charge in [0.1, 0.15) is 27.9 Å². The zero-order valence-electron chi connectivity index (χ0n) is 24.6. The molecule has 0 amide bonds. The van der Waals surface area contributed by atoms with Crippen molar-refractivity contribution in [3.8, 4) is 0 Å². The number of carboxylic acid groups (broad SMARTS) is 1. The summed E-state index contributed by atoms with van der Waals surface area (Å²) in [5, 5.41) is 11.0. The lowest BCUT2D eigenvalue weighted by atomic mass is 9.85. The van der Waals surface area contributed by atoms with Crippen molar-refractivity contribution in [3.05, 3.63) is 161 Å². The summed E-state index contributed by atoms with van der Waals surface area (Å²) in [5.74, 6) is -1.27. The van der Waals surface area contributed by atoms with Gasteiger partial charge in [-0.05, 0) is 53.3 Å². The van der Waals surface area contributed by atoms with Crippen molar-refractivity contribution < 1.29 is 27.1 Å². The second-order valence-electron chi connectivity index (χ2n) is 11.2. The van der Waals surface area contributed by atoms with Crippen LogP contribution in [0.15, 0.2) is 132 Å². The summed E-state index contributed by atoms with van der Waals surface area (Å²) >= 11 is 0. The minimum Gasteiger partial charge on any atom is -0.480 e. The first-order valence-electron chi connectivity index (χ1n) is 14.6. The number of benzene rings is 4. The third-order valence-electron chi connectivity index (χ3n) is 8.47. The Balaban J connectivity index is 1.52. The Morgan fingerprint density at radius 2 is 1.56 bits per heavy atom. The van der Waals surface area contributed by atoms with Gasteiger partial charge in [-0.2, -0.15) is 4.31 Å². The average Bonchev–Trinajstić information content (AvgIpc) is 3.43. The predicted molar refractivity (Wildman–Crippen MR) is 174 cm³/mol. The van der Waals surface area contributed by atoms with E-state index in [0.29, 0.717) is 34.3 Å². The maximum atomic E-state index is 15.1. The summed E-state index contributed by atoms with van der Waals surface area (Å²) in [7, 11) is -3.14. The molecule has 0 saturated heterocycles. The van der Waals surface area contributed by atoms with E-state index < -0.39 is 32.6 Å². The van der Waals surface area contributed by atoms with E-state index in [4.69, 9.17) is 4.42 Å². The van der Waals surface area contributed by atoms with Crippen molar-refractivity contribution in [2.75, 3.05) is 7.05 Å². The number of rotatable bonds is 10. The van der Waals surface area contributed by atoms with Crippen LogP contribution in [-0.2, 0) is 32.4 Å². The lowest BCUT2D eigenvalue weighted by Crippen LogP contribution is -2.51. The van der Waals surface area contributed by atoms with Crippen LogP contribution in [0.2, 0.25) is 0 Å². The second-order valence-corrected chi connectivity index (χ2v) is 13.5. The number of hydrogen-bond acceptors (Lipinski definition) is 4. The third kappa shape index (κ3) is 5.75. The van der Waals surface area contributed by atoms with Crippen LogP contribution in [0.5, 0.6) is 0 Å². The van der Waals surface area contributed by atoms with Crippen molar-refractivity contribution in [2.24, 2.45) is 0 Å². The molecule has 0 radical (unpaired) electrons. The van der Waals surface area contributed by atoms with Gasteiger partial charge in [-0.15, -0.1) is 0 Å². The number of carboxylic acids is 1. The van der Waals surface area contributed by atoms with Gasteiger partial charge in [0.15, 0.2) is 0 Å². The summed E-state index contributed by atoms with van der Waals surface area (Å²) in [4.78, 5) is 12.7. The van der Waals surface area contributed by atoms with E-state index in [2.05, 4.69) is 0 Å². The monoisotopic (exact) mass is 621 g/mol. The fourth-order valence-corrected chi connectivity index (χ4v) is 8.11. The highest BCUT2D eigenvalue weighted by Gasteiger charge is 2.51. The second kappa shape index (κ2) is 12.3. The number of aliphatic carboxylic acids is 1. The standard InChI is InChI=1S/C37H32FNO5S/c1-39(32(36(40)41)24-27-16-18-30(38)19-17-27)45(42,43)37(22-20-29(21-23-37)28-12-6-3-7-13-28)35-31-14-8-9-15-33(31)44-34(35)25-26-10-4-2-5-11-26/h2-22,32H,23-25H2,1H3,(H,40,41). The van der Waals surface area contributed by atoms with E-state index >= 15 is 8.42 Å². The minimum atomic E-state index is -4.44. The number of halogens is 1. The summed E-state index contributed by atoms with van der Waals surface area (Å²) < 4.78 is 49.4. The lowest BCUT2D eigenvalue weighted by molar-refractivity contribution is -0.141. The first kappa shape index (κ1) is 30.2. The highest BCUT2D eigenvalue weighted by atomic mass is 32.2. The number of hydrogen-bond donors (Lipinski definition) is 1. The van der Waals surface area contributed by atoms with Gasteiger partial charge >= 0.3 is 5.97 Å². The van der Waals surface area contributed by atoms with E-state index in [9.17, 15) is 14.3 Å². The molecule has 228 valence electrons. The number of fused-ring (bicyclic) bond motifs is 1. The van der Waals surface area contributed by atoms with Gasteiger partial charge in [0.25, 0.3) is 0 Å². The van der Waals surface area contributed by atoms with Crippen molar-refractivity contribution in [3.63, 3.8) is 0 Å². The Bertz CT molecular complexity index is 2000. The summed E-state index contributed by atoms with van der Waals surface area (Å²) in [6.45, 7) is 0. The fraction of sp³-hybridized carbons (Fsp3) is 0.162. The Hall–Kier alpha value is -4.79. The van der Waals surface area contributed by atoms with Crippen molar-refractivity contribution in [2.45, 2.75) is 30.1 Å². The number of furan rings is 1.